The molecule has 0 aliphatic rings. The number of carboxylic acid groups (broad SMARTS) is 1. The number of thioether (sulfide) groups is 1. The monoisotopic (exact) mass is 307 g/mol. The van der Waals surface area contributed by atoms with Gasteiger partial charge in [-0.1, -0.05) is 0 Å². The van der Waals surface area contributed by atoms with E-state index in [1.54, 1.807) is 41.7 Å². The van der Waals surface area contributed by atoms with Gasteiger partial charge in [-0.15, -0.1) is 0 Å². The van der Waals surface area contributed by atoms with Crippen molar-refractivity contribution in [3.8, 4) is 0 Å². The zero-order valence-corrected chi connectivity index (χ0v) is 13.8. The van der Waals surface area contributed by atoms with E-state index in [2.05, 4.69) is 5.32 Å². The van der Waals surface area contributed by atoms with Crippen molar-refractivity contribution in [1.29, 1.82) is 0 Å². The zero-order chi connectivity index (χ0) is 16.0. The molecular formula is C13H25NO5S. The topological polar surface area (TPSA) is 84.9 Å². The third-order valence-electron chi connectivity index (χ3n) is 2.36. The Morgan fingerprint density at radius 3 is 2.20 bits per heavy atom. The molecular weight excluding hydrogens is 282 g/mol. The number of rotatable bonds is 7. The largest absolute Gasteiger partial charge is 0.480 e. The number of alkyl carbamates (subject to hydrolysis) is 1. The van der Waals surface area contributed by atoms with E-state index in [4.69, 9.17) is 9.47 Å². The minimum Gasteiger partial charge on any atom is -0.480 e. The first-order chi connectivity index (χ1) is 8.99. The van der Waals surface area contributed by atoms with Crippen molar-refractivity contribution < 1.29 is 24.2 Å². The Bertz CT molecular complexity index is 338. The molecule has 20 heavy (non-hydrogen) atoms. The molecule has 118 valence electrons. The third kappa shape index (κ3) is 7.59. The van der Waals surface area contributed by atoms with Gasteiger partial charge in [0.25, 0.3) is 0 Å². The number of hydrogen-bond donors (Lipinski definition) is 2. The first-order valence-corrected chi connectivity index (χ1v) is 7.33. The van der Waals surface area contributed by atoms with Gasteiger partial charge in [-0.3, -0.25) is 0 Å². The quantitative estimate of drug-likeness (QED) is 0.701. The van der Waals surface area contributed by atoms with Crippen LogP contribution in [0, 0.1) is 0 Å². The summed E-state index contributed by atoms with van der Waals surface area (Å²) in [5, 5.41) is 11.7. The van der Waals surface area contributed by atoms with Gasteiger partial charge in [-0.2, -0.15) is 11.8 Å². The Kier molecular flexibility index (Phi) is 7.37. The summed E-state index contributed by atoms with van der Waals surface area (Å²) < 4.78 is 9.36. The molecule has 0 heterocycles. The number of nitrogens with one attached hydrogen (secondary N) is 1. The summed E-state index contributed by atoms with van der Waals surface area (Å²) in [4.78, 5) is 23.1. The lowest BCUT2D eigenvalue weighted by molar-refractivity contribution is -0.140. The van der Waals surface area contributed by atoms with E-state index < -0.39 is 28.5 Å². The SMILES string of the molecule is COCCSC(C)(C)[C@@H](NC(=O)OC(C)(C)C)C(=O)O. The van der Waals surface area contributed by atoms with E-state index >= 15 is 0 Å². The summed E-state index contributed by atoms with van der Waals surface area (Å²) in [6.45, 7) is 9.22. The van der Waals surface area contributed by atoms with Gasteiger partial charge < -0.3 is 19.9 Å². The first kappa shape index (κ1) is 19.1. The minimum absolute atomic E-state index is 0.521. The van der Waals surface area contributed by atoms with Crippen LogP contribution in [0.1, 0.15) is 34.6 Å². The molecule has 0 rings (SSSR count). The van der Waals surface area contributed by atoms with Crippen LogP contribution in [0.5, 0.6) is 0 Å². The van der Waals surface area contributed by atoms with Crippen molar-refractivity contribution in [1.82, 2.24) is 5.32 Å². The van der Waals surface area contributed by atoms with Gasteiger partial charge >= 0.3 is 12.1 Å². The normalized spacial score (nSPS) is 13.7. The molecule has 0 spiro atoms. The molecule has 0 aromatic heterocycles. The standard InChI is InChI=1S/C13H25NO5S/c1-12(2,3)19-11(17)14-9(10(15)16)13(4,5)20-8-7-18-6/h9H,7-8H2,1-6H3,(H,14,17)(H,15,16)/t9-/m0/s1. The Morgan fingerprint density at radius 2 is 1.80 bits per heavy atom. The maximum Gasteiger partial charge on any atom is 0.408 e. The first-order valence-electron chi connectivity index (χ1n) is 6.35. The number of carboxylic acids is 1. The van der Waals surface area contributed by atoms with Crippen LogP contribution in [0.2, 0.25) is 0 Å². The molecule has 0 saturated carbocycles. The van der Waals surface area contributed by atoms with Gasteiger partial charge in [-0.25, -0.2) is 9.59 Å². The number of carbonyl (C=O) groups excluding carboxylic acids is 1. The van der Waals surface area contributed by atoms with E-state index in [1.807, 2.05) is 0 Å². The number of amides is 1. The highest BCUT2D eigenvalue weighted by atomic mass is 32.2. The Hall–Kier alpha value is -0.950. The summed E-state index contributed by atoms with van der Waals surface area (Å²) >= 11 is 1.42. The Balaban J connectivity index is 4.71. The lowest BCUT2D eigenvalue weighted by atomic mass is 10.0. The predicted octanol–water partition coefficient (Wildman–Crippen LogP) is 2.12. The van der Waals surface area contributed by atoms with Crippen molar-refractivity contribution in [3.05, 3.63) is 0 Å². The number of ether oxygens (including phenoxy) is 2. The van der Waals surface area contributed by atoms with Crippen molar-refractivity contribution in [2.45, 2.75) is 51.0 Å². The van der Waals surface area contributed by atoms with Crippen LogP contribution >= 0.6 is 11.8 Å². The van der Waals surface area contributed by atoms with Crippen LogP contribution < -0.4 is 5.32 Å². The molecule has 0 fully saturated rings. The number of aliphatic carboxylic acids is 1. The second-order valence-electron chi connectivity index (χ2n) is 5.86. The van der Waals surface area contributed by atoms with Crippen LogP contribution in [0.25, 0.3) is 0 Å². The van der Waals surface area contributed by atoms with Gasteiger partial charge in [0.2, 0.25) is 0 Å². The van der Waals surface area contributed by atoms with Gasteiger partial charge in [0, 0.05) is 17.6 Å². The maximum absolute atomic E-state index is 11.7. The predicted molar refractivity (Wildman–Crippen MR) is 79.2 cm³/mol. The van der Waals surface area contributed by atoms with E-state index in [1.165, 1.54) is 11.8 Å². The zero-order valence-electron chi connectivity index (χ0n) is 13.0. The third-order valence-corrected chi connectivity index (χ3v) is 3.72. The van der Waals surface area contributed by atoms with Gasteiger partial charge in [-0.05, 0) is 34.6 Å². The van der Waals surface area contributed by atoms with Crippen LogP contribution in [0.3, 0.4) is 0 Å². The second-order valence-corrected chi connectivity index (χ2v) is 7.61. The molecule has 6 nitrogen and oxygen atoms in total. The Morgan fingerprint density at radius 1 is 1.25 bits per heavy atom. The van der Waals surface area contributed by atoms with Crippen LogP contribution in [-0.4, -0.2) is 53.0 Å². The fourth-order valence-corrected chi connectivity index (χ4v) is 2.53. The number of carbonyl (C=O) groups is 2. The van der Waals surface area contributed by atoms with Gasteiger partial charge in [0.1, 0.15) is 11.6 Å². The highest BCUT2D eigenvalue weighted by Crippen LogP contribution is 2.28. The highest BCUT2D eigenvalue weighted by Gasteiger charge is 2.37. The fourth-order valence-electron chi connectivity index (χ4n) is 1.43. The number of hydrogen-bond acceptors (Lipinski definition) is 5. The molecule has 0 aliphatic heterocycles. The average Bonchev–Trinajstić information content (AvgIpc) is 2.23. The van der Waals surface area contributed by atoms with E-state index in [9.17, 15) is 14.7 Å². The van der Waals surface area contributed by atoms with Crippen LogP contribution in [0.4, 0.5) is 4.79 Å². The van der Waals surface area contributed by atoms with Crippen molar-refractivity contribution >= 4 is 23.8 Å². The van der Waals surface area contributed by atoms with Gasteiger partial charge in [0.15, 0.2) is 0 Å². The minimum atomic E-state index is -1.09. The summed E-state index contributed by atoms with van der Waals surface area (Å²) in [7, 11) is 1.58. The lowest BCUT2D eigenvalue weighted by Gasteiger charge is -2.32. The van der Waals surface area contributed by atoms with Crippen LogP contribution in [-0.2, 0) is 14.3 Å². The molecule has 0 unspecified atom stereocenters. The lowest BCUT2D eigenvalue weighted by Crippen LogP contribution is -2.53. The van der Waals surface area contributed by atoms with E-state index in [0.29, 0.717) is 12.4 Å². The highest BCUT2D eigenvalue weighted by molar-refractivity contribution is 8.00. The molecule has 0 aromatic carbocycles. The van der Waals surface area contributed by atoms with Gasteiger partial charge in [0.05, 0.1) is 6.61 Å². The molecule has 0 saturated heterocycles. The smallest absolute Gasteiger partial charge is 0.408 e. The molecule has 0 bridgehead atoms. The Labute approximate surface area is 124 Å². The fraction of sp³-hybridized carbons (Fsp3) is 0.846. The van der Waals surface area contributed by atoms with E-state index in [0.717, 1.165) is 0 Å². The van der Waals surface area contributed by atoms with Crippen molar-refractivity contribution in [2.24, 2.45) is 0 Å². The molecule has 7 heteroatoms. The van der Waals surface area contributed by atoms with Crippen molar-refractivity contribution in [2.75, 3.05) is 19.5 Å². The summed E-state index contributed by atoms with van der Waals surface area (Å²) in [5.41, 5.74) is -0.666. The van der Waals surface area contributed by atoms with Crippen molar-refractivity contribution in [3.63, 3.8) is 0 Å². The molecule has 1 amide bonds. The molecule has 0 aliphatic carbocycles. The van der Waals surface area contributed by atoms with E-state index in [-0.39, 0.29) is 0 Å². The molecule has 1 atom stereocenters. The molecule has 0 radical (unpaired) electrons. The van der Waals surface area contributed by atoms with Crippen LogP contribution in [0.15, 0.2) is 0 Å². The summed E-state index contributed by atoms with van der Waals surface area (Å²) in [6.07, 6.45) is -0.731. The second kappa shape index (κ2) is 7.73. The molecule has 2 N–H and O–H groups in total. The molecule has 0 aromatic rings. The average molecular weight is 307 g/mol. The summed E-state index contributed by atoms with van der Waals surface area (Å²) in [6, 6.07) is -1.04. The maximum atomic E-state index is 11.7. The number of methoxy groups -OCH3 is 1. The summed E-state index contributed by atoms with van der Waals surface area (Å²) in [5.74, 6) is -0.450.